The Morgan fingerprint density at radius 2 is 0.630 bits per heavy atom. The van der Waals surface area contributed by atoms with Gasteiger partial charge in [-0.25, -0.2) is 0 Å². The van der Waals surface area contributed by atoms with Crippen LogP contribution in [0.5, 0.6) is 0 Å². The average molecular weight is 392 g/mol. The number of hydrogen-bond acceptors (Lipinski definition) is 8. The zero-order valence-corrected chi connectivity index (χ0v) is 16.4. The number of ether oxygens (including phenoxy) is 8. The molecule has 0 aromatic carbocycles. The highest BCUT2D eigenvalue weighted by atomic mass is 16.7. The van der Waals surface area contributed by atoms with E-state index in [-0.39, 0.29) is 6.79 Å². The highest BCUT2D eigenvalue weighted by molar-refractivity contribution is 4.63. The Bertz CT molecular complexity index is 273. The predicted molar refractivity (Wildman–Crippen MR) is 102 cm³/mol. The van der Waals surface area contributed by atoms with Gasteiger partial charge in [0.25, 0.3) is 0 Å². The van der Waals surface area contributed by atoms with Gasteiger partial charge in [0.15, 0.2) is 0 Å². The summed E-state index contributed by atoms with van der Waals surface area (Å²) in [5.74, 6) is 0. The summed E-state index contributed by atoms with van der Waals surface area (Å²) in [4.78, 5) is 0. The van der Waals surface area contributed by atoms with Crippen molar-refractivity contribution in [2.45, 2.75) is 0 Å². The molecule has 8 nitrogen and oxygen atoms in total. The Morgan fingerprint density at radius 1 is 0.370 bits per heavy atom. The monoisotopic (exact) mass is 392 g/mol. The molecule has 0 rings (SSSR count). The zero-order chi connectivity index (χ0) is 19.7. The number of hydrogen-bond donors (Lipinski definition) is 0. The van der Waals surface area contributed by atoms with Gasteiger partial charge in [-0.05, 0) is 0 Å². The Hall–Kier alpha value is -0.840. The van der Waals surface area contributed by atoms with E-state index in [4.69, 9.17) is 37.9 Å². The molecule has 0 N–H and O–H groups in total. The molecule has 0 aromatic heterocycles. The first-order valence-electron chi connectivity index (χ1n) is 9.25. The third-order valence-electron chi connectivity index (χ3n) is 2.87. The normalized spacial score (nSPS) is 11.0. The van der Waals surface area contributed by atoms with E-state index >= 15 is 0 Å². The molecule has 0 unspecified atom stereocenters. The van der Waals surface area contributed by atoms with Gasteiger partial charge < -0.3 is 37.9 Å². The van der Waals surface area contributed by atoms with E-state index in [0.717, 1.165) is 0 Å². The van der Waals surface area contributed by atoms with Gasteiger partial charge in [-0.2, -0.15) is 0 Å². The second kappa shape index (κ2) is 25.2. The third kappa shape index (κ3) is 25.2. The summed E-state index contributed by atoms with van der Waals surface area (Å²) >= 11 is 0. The molecule has 0 aliphatic rings. The summed E-state index contributed by atoms with van der Waals surface area (Å²) in [5.41, 5.74) is 0. The van der Waals surface area contributed by atoms with Crippen LogP contribution in [0.2, 0.25) is 0 Å². The lowest BCUT2D eigenvalue weighted by Gasteiger charge is -2.08. The van der Waals surface area contributed by atoms with Gasteiger partial charge in [0.05, 0.1) is 92.5 Å². The summed E-state index contributed by atoms with van der Waals surface area (Å²) in [5, 5.41) is 0. The maximum atomic E-state index is 5.39. The predicted octanol–water partition coefficient (Wildman–Crippen LogP) is 1.45. The van der Waals surface area contributed by atoms with Crippen LogP contribution in [0.25, 0.3) is 0 Å². The summed E-state index contributed by atoms with van der Waals surface area (Å²) in [6, 6.07) is 0. The van der Waals surface area contributed by atoms with Gasteiger partial charge in [-0.3, -0.25) is 0 Å². The summed E-state index contributed by atoms with van der Waals surface area (Å²) in [6.07, 6.45) is 3.41. The zero-order valence-electron chi connectivity index (χ0n) is 16.4. The van der Waals surface area contributed by atoms with Crippen LogP contribution in [-0.4, -0.2) is 99.3 Å². The smallest absolute Gasteiger partial charge is 0.146 e. The minimum atomic E-state index is 0.236. The molecule has 0 saturated heterocycles. The van der Waals surface area contributed by atoms with Crippen molar-refractivity contribution in [1.82, 2.24) is 0 Å². The van der Waals surface area contributed by atoms with E-state index in [1.807, 2.05) is 0 Å². The number of rotatable bonds is 24. The van der Waals surface area contributed by atoms with Crippen molar-refractivity contribution in [2.75, 3.05) is 99.3 Å². The lowest BCUT2D eigenvalue weighted by Crippen LogP contribution is -2.14. The van der Waals surface area contributed by atoms with Crippen LogP contribution in [-0.2, 0) is 37.9 Å². The van der Waals surface area contributed by atoms with Gasteiger partial charge in [0.2, 0.25) is 0 Å². The minimum absolute atomic E-state index is 0.236. The van der Waals surface area contributed by atoms with Crippen molar-refractivity contribution in [3.8, 4) is 0 Å². The van der Waals surface area contributed by atoms with Crippen LogP contribution in [0.4, 0.5) is 0 Å². The van der Waals surface area contributed by atoms with Gasteiger partial charge in [-0.1, -0.05) is 12.2 Å². The van der Waals surface area contributed by atoms with Crippen LogP contribution in [0.3, 0.4) is 0 Å². The second-order valence-electron chi connectivity index (χ2n) is 5.11. The van der Waals surface area contributed by atoms with Gasteiger partial charge in [0, 0.05) is 0 Å². The molecule has 0 spiro atoms. The quantitative estimate of drug-likeness (QED) is 0.139. The topological polar surface area (TPSA) is 73.8 Å². The molecule has 0 aliphatic heterocycles. The van der Waals surface area contributed by atoms with Crippen molar-refractivity contribution < 1.29 is 37.9 Å². The van der Waals surface area contributed by atoms with Crippen LogP contribution < -0.4 is 0 Å². The fourth-order valence-electron chi connectivity index (χ4n) is 1.63. The van der Waals surface area contributed by atoms with Gasteiger partial charge >= 0.3 is 0 Å². The van der Waals surface area contributed by atoms with Crippen molar-refractivity contribution in [3.05, 3.63) is 25.3 Å². The molecule has 0 heterocycles. The Balaban J connectivity index is 2.97. The maximum absolute atomic E-state index is 5.39. The average Bonchev–Trinajstić information content (AvgIpc) is 2.68. The molecule has 0 aromatic rings. The SMILES string of the molecule is C=CCOCCOCCOCCOCCOCCOCOCCOCC=C. The standard InChI is InChI=1S/C19H36O8/c1-3-5-20-7-8-22-9-10-23-11-12-24-13-14-25-16-18-27-19-26-17-15-21-6-4-2/h3-4H,1-2,5-19H2. The van der Waals surface area contributed by atoms with Gasteiger partial charge in [-0.15, -0.1) is 13.2 Å². The van der Waals surface area contributed by atoms with E-state index in [0.29, 0.717) is 92.5 Å². The molecule has 0 saturated carbocycles. The van der Waals surface area contributed by atoms with Crippen LogP contribution in [0, 0.1) is 0 Å². The van der Waals surface area contributed by atoms with Crippen LogP contribution >= 0.6 is 0 Å². The lowest BCUT2D eigenvalue weighted by atomic mass is 10.6. The molecule has 0 bridgehead atoms. The Kier molecular flexibility index (Phi) is 24.4. The van der Waals surface area contributed by atoms with Crippen LogP contribution in [0.15, 0.2) is 25.3 Å². The molecule has 8 heteroatoms. The summed E-state index contributed by atoms with van der Waals surface area (Å²) in [6.45, 7) is 14.8. The summed E-state index contributed by atoms with van der Waals surface area (Å²) in [7, 11) is 0. The molecular weight excluding hydrogens is 356 g/mol. The van der Waals surface area contributed by atoms with E-state index in [1.165, 1.54) is 0 Å². The highest BCUT2D eigenvalue weighted by Crippen LogP contribution is 1.85. The molecular formula is C19H36O8. The summed E-state index contributed by atoms with van der Waals surface area (Å²) < 4.78 is 42.3. The molecule has 0 atom stereocenters. The second-order valence-corrected chi connectivity index (χ2v) is 5.11. The van der Waals surface area contributed by atoms with Crippen LogP contribution in [0.1, 0.15) is 0 Å². The van der Waals surface area contributed by atoms with Gasteiger partial charge in [0.1, 0.15) is 6.79 Å². The first kappa shape index (κ1) is 26.2. The fraction of sp³-hybridized carbons (Fsp3) is 0.789. The first-order chi connectivity index (χ1) is 13.4. The fourth-order valence-corrected chi connectivity index (χ4v) is 1.63. The minimum Gasteiger partial charge on any atom is -0.377 e. The van der Waals surface area contributed by atoms with Crippen molar-refractivity contribution in [3.63, 3.8) is 0 Å². The van der Waals surface area contributed by atoms with E-state index in [9.17, 15) is 0 Å². The first-order valence-corrected chi connectivity index (χ1v) is 9.25. The molecule has 0 radical (unpaired) electrons. The Morgan fingerprint density at radius 3 is 0.926 bits per heavy atom. The van der Waals surface area contributed by atoms with Crippen molar-refractivity contribution in [2.24, 2.45) is 0 Å². The van der Waals surface area contributed by atoms with Crippen molar-refractivity contribution in [1.29, 1.82) is 0 Å². The molecule has 160 valence electrons. The van der Waals surface area contributed by atoms with E-state index < -0.39 is 0 Å². The lowest BCUT2D eigenvalue weighted by molar-refractivity contribution is -0.0829. The molecule has 27 heavy (non-hydrogen) atoms. The highest BCUT2D eigenvalue weighted by Gasteiger charge is 1.94. The largest absolute Gasteiger partial charge is 0.377 e. The molecule has 0 fully saturated rings. The Labute approximate surface area is 163 Å². The van der Waals surface area contributed by atoms with E-state index in [2.05, 4.69) is 13.2 Å². The molecule has 0 aliphatic carbocycles. The maximum Gasteiger partial charge on any atom is 0.146 e. The van der Waals surface area contributed by atoms with Crippen molar-refractivity contribution >= 4 is 0 Å². The third-order valence-corrected chi connectivity index (χ3v) is 2.87. The molecule has 0 amide bonds. The van der Waals surface area contributed by atoms with E-state index in [1.54, 1.807) is 12.2 Å².